The Morgan fingerprint density at radius 3 is 1.52 bits per heavy atom. The third-order valence-corrected chi connectivity index (χ3v) is 12.9. The van der Waals surface area contributed by atoms with Crippen molar-refractivity contribution in [3.63, 3.8) is 0 Å². The summed E-state index contributed by atoms with van der Waals surface area (Å²) in [6.45, 7) is 17.1. The predicted octanol–water partition coefficient (Wildman–Crippen LogP) is 5.16. The fraction of sp³-hybridized carbons (Fsp3) is 0.882. The van der Waals surface area contributed by atoms with Crippen LogP contribution in [-0.4, -0.2) is 11.6 Å². The van der Waals surface area contributed by atoms with Crippen LogP contribution < -0.4 is 0 Å². The first-order chi connectivity index (χ1) is 9.14. The Kier molecular flexibility index (Phi) is 6.91. The molecular weight excluding hydrogens is 300 g/mol. The van der Waals surface area contributed by atoms with Crippen LogP contribution >= 0.6 is 0 Å². The van der Waals surface area contributed by atoms with Crippen LogP contribution in [0.2, 0.25) is 13.2 Å². The molecule has 123 valence electrons. The van der Waals surface area contributed by atoms with E-state index in [0.717, 1.165) is 0 Å². The Morgan fingerprint density at radius 2 is 1.24 bits per heavy atom. The van der Waals surface area contributed by atoms with Crippen molar-refractivity contribution in [2.24, 2.45) is 10.8 Å². The number of hydrogen-bond acceptors (Lipinski definition) is 3. The molecule has 21 heavy (non-hydrogen) atoms. The number of ketones is 2. The van der Waals surface area contributed by atoms with Crippen LogP contribution in [0.15, 0.2) is 0 Å². The molecule has 0 amide bonds. The molecule has 0 fully saturated rings. The quantitative estimate of drug-likeness (QED) is 0.477. The van der Waals surface area contributed by atoms with Gasteiger partial charge in [-0.15, -0.1) is 0 Å². The van der Waals surface area contributed by atoms with Crippen molar-refractivity contribution in [3.8, 4) is 0 Å². The van der Waals surface area contributed by atoms with Gasteiger partial charge in [-0.25, -0.2) is 0 Å². The third kappa shape index (κ3) is 5.52. The van der Waals surface area contributed by atoms with Gasteiger partial charge in [0.2, 0.25) is 0 Å². The topological polar surface area (TPSA) is 51.2 Å². The summed E-state index contributed by atoms with van der Waals surface area (Å²) in [5.74, 6) is -0.117. The molecule has 0 unspecified atom stereocenters. The number of carbonyl (C=O) groups is 2. The van der Waals surface area contributed by atoms with Gasteiger partial charge >= 0.3 is 134 Å². The summed E-state index contributed by atoms with van der Waals surface area (Å²) in [6, 6.07) is 0. The molecule has 0 aliphatic rings. The zero-order chi connectivity index (χ0) is 17.2. The van der Waals surface area contributed by atoms with E-state index >= 15 is 0 Å². The molecule has 0 spiro atoms. The average Bonchev–Trinajstić information content (AvgIpc) is 2.26. The molecule has 0 aromatic carbocycles. The fourth-order valence-electron chi connectivity index (χ4n) is 2.51. The van der Waals surface area contributed by atoms with E-state index in [1.807, 2.05) is 62.3 Å². The van der Waals surface area contributed by atoms with Gasteiger partial charge in [-0.05, 0) is 0 Å². The van der Waals surface area contributed by atoms with E-state index in [0.29, 0.717) is 4.73 Å². The molecule has 0 N–H and O–H groups in total. The summed E-state index contributed by atoms with van der Waals surface area (Å²) in [7, 11) is 0. The Bertz CT molecular complexity index is 427. The van der Waals surface area contributed by atoms with Crippen LogP contribution in [-0.2, 0) is 29.5 Å². The maximum absolute atomic E-state index is 13.3. The Labute approximate surface area is 133 Å². The van der Waals surface area contributed by atoms with E-state index in [1.54, 1.807) is 0 Å². The molecule has 0 aromatic rings. The van der Waals surface area contributed by atoms with Gasteiger partial charge in [-0.2, -0.15) is 0 Å². The van der Waals surface area contributed by atoms with Crippen LogP contribution in [0.1, 0.15) is 68.7 Å². The minimum atomic E-state index is -3.35. The Balaban J connectivity index is 5.18. The summed E-state index contributed by atoms with van der Waals surface area (Å²) < 4.78 is 14.0. The second-order valence-electron chi connectivity index (χ2n) is 8.60. The zero-order valence-corrected chi connectivity index (χ0v) is 16.9. The van der Waals surface area contributed by atoms with Crippen LogP contribution in [0.25, 0.3) is 0 Å². The van der Waals surface area contributed by atoms with Gasteiger partial charge < -0.3 is 0 Å². The standard InChI is InChI=1S/C11H19O2.2C3H7.O.Ti/c1-10(2,3)8(12)7-9(13)11(4,5)6;2*1-3-2;;/h1,7H2,2-6H3;2*3H,1-2H3;;. The number of rotatable bonds is 7. The second kappa shape index (κ2) is 6.96. The van der Waals surface area contributed by atoms with Crippen LogP contribution in [0.3, 0.4) is 0 Å². The van der Waals surface area contributed by atoms with Gasteiger partial charge in [0.25, 0.3) is 0 Å². The summed E-state index contributed by atoms with van der Waals surface area (Å²) in [6.07, 6.45) is -0.0506. The van der Waals surface area contributed by atoms with E-state index in [4.69, 9.17) is 0 Å². The number of Topliss-reactive ketones (excluding diaryl/α,β-unsaturated/α-hetero) is 2. The molecule has 0 saturated carbocycles. The Morgan fingerprint density at radius 1 is 0.857 bits per heavy atom. The third-order valence-electron chi connectivity index (χ3n) is 4.59. The van der Waals surface area contributed by atoms with Crippen molar-refractivity contribution in [2.75, 3.05) is 0 Å². The van der Waals surface area contributed by atoms with Gasteiger partial charge in [0.05, 0.1) is 0 Å². The van der Waals surface area contributed by atoms with E-state index in [9.17, 15) is 12.9 Å². The molecule has 0 aromatic heterocycles. The molecule has 0 rings (SSSR count). The van der Waals surface area contributed by atoms with Crippen molar-refractivity contribution >= 4 is 11.6 Å². The Hall–Kier alpha value is -0.146. The van der Waals surface area contributed by atoms with Crippen molar-refractivity contribution in [1.82, 2.24) is 0 Å². The molecule has 0 aliphatic carbocycles. The predicted molar refractivity (Wildman–Crippen MR) is 83.6 cm³/mol. The first-order valence-electron chi connectivity index (χ1n) is 7.91. The molecule has 0 saturated heterocycles. The van der Waals surface area contributed by atoms with Crippen LogP contribution in [0.5, 0.6) is 0 Å². The molecule has 4 heteroatoms. The normalized spacial score (nSPS) is 13.9. The van der Waals surface area contributed by atoms with E-state index < -0.39 is 27.4 Å². The van der Waals surface area contributed by atoms with E-state index in [2.05, 4.69) is 0 Å². The monoisotopic (exact) mass is 333 g/mol. The summed E-state index contributed by atoms with van der Waals surface area (Å²) >= 11 is -3.35. The fourth-order valence-corrected chi connectivity index (χ4v) is 8.34. The molecule has 0 aliphatic heterocycles. The number of carbonyl (C=O) groups excluding carboxylic acids is 2. The van der Waals surface area contributed by atoms with E-state index in [1.165, 1.54) is 0 Å². The molecular formula is C17H33O3Ti. The summed E-state index contributed by atoms with van der Waals surface area (Å²) in [5.41, 5.74) is -1.19. The molecule has 0 atom stereocenters. The first kappa shape index (κ1) is 20.9. The zero-order valence-electron chi connectivity index (χ0n) is 15.3. The van der Waals surface area contributed by atoms with Crippen molar-refractivity contribution < 1.29 is 29.5 Å². The molecule has 0 bridgehead atoms. The molecule has 3 nitrogen and oxygen atoms in total. The van der Waals surface area contributed by atoms with Crippen molar-refractivity contribution in [2.45, 2.75) is 81.9 Å². The van der Waals surface area contributed by atoms with Crippen LogP contribution in [0.4, 0.5) is 0 Å². The first-order valence-corrected chi connectivity index (χ1v) is 11.5. The van der Waals surface area contributed by atoms with Crippen molar-refractivity contribution in [1.29, 1.82) is 0 Å². The second-order valence-corrected chi connectivity index (χ2v) is 15.7. The number of hydrogen-bond donors (Lipinski definition) is 0. The molecule has 0 heterocycles. The van der Waals surface area contributed by atoms with Crippen LogP contribution in [0, 0.1) is 10.8 Å². The summed E-state index contributed by atoms with van der Waals surface area (Å²) in [4.78, 5) is 24.6. The van der Waals surface area contributed by atoms with Gasteiger partial charge in [0, 0.05) is 0 Å². The minimum absolute atomic E-state index is 0.0429. The van der Waals surface area contributed by atoms with Gasteiger partial charge in [-0.1, -0.05) is 0 Å². The van der Waals surface area contributed by atoms with E-state index in [-0.39, 0.29) is 26.4 Å². The summed E-state index contributed by atoms with van der Waals surface area (Å²) in [5, 5.41) is 0. The maximum atomic E-state index is 13.3. The van der Waals surface area contributed by atoms with Crippen molar-refractivity contribution in [3.05, 3.63) is 0 Å². The van der Waals surface area contributed by atoms with Gasteiger partial charge in [-0.3, -0.25) is 0 Å². The van der Waals surface area contributed by atoms with Gasteiger partial charge in [0.1, 0.15) is 0 Å². The molecule has 0 radical (unpaired) electrons. The van der Waals surface area contributed by atoms with Gasteiger partial charge in [0.15, 0.2) is 0 Å². The SMILES string of the molecule is C[CH](C)[Ti](=[O])([CH2]C(C)(C)C(=O)CC(=O)C(C)(C)C)[CH](C)C. The average molecular weight is 333 g/mol.